The minimum atomic E-state index is -0.212. The molecule has 2 aliphatic heterocycles. The molecule has 5 rings (SSSR count). The zero-order valence-electron chi connectivity index (χ0n) is 9.53. The number of halogens is 2. The van der Waals surface area contributed by atoms with Gasteiger partial charge in [-0.05, 0) is 0 Å². The third-order valence-corrected chi connectivity index (χ3v) is 7.61. The molecular formula is C11H11Br2N3O2. The van der Waals surface area contributed by atoms with Crippen LogP contribution in [0.2, 0.25) is 0 Å². The molecule has 3 heterocycles. The number of allylic oxidation sites excluding steroid dienone is 2. The van der Waals surface area contributed by atoms with E-state index in [2.05, 4.69) is 44.0 Å². The Morgan fingerprint density at radius 2 is 1.33 bits per heavy atom. The highest BCUT2D eigenvalue weighted by Gasteiger charge is 2.60. The van der Waals surface area contributed by atoms with Gasteiger partial charge in [0, 0.05) is 28.5 Å². The summed E-state index contributed by atoms with van der Waals surface area (Å²) < 4.78 is 4.45. The van der Waals surface area contributed by atoms with Crippen molar-refractivity contribution in [1.29, 1.82) is 0 Å². The van der Waals surface area contributed by atoms with Crippen LogP contribution in [-0.2, 0) is 7.05 Å². The first-order valence-corrected chi connectivity index (χ1v) is 7.73. The number of nitrogens with zero attached hydrogens (tertiary/aromatic N) is 3. The summed E-state index contributed by atoms with van der Waals surface area (Å²) >= 11 is 7.36. The quantitative estimate of drug-likeness (QED) is 0.496. The van der Waals surface area contributed by atoms with Gasteiger partial charge in [0.25, 0.3) is 0 Å². The fourth-order valence-electron chi connectivity index (χ4n) is 3.63. The van der Waals surface area contributed by atoms with Gasteiger partial charge in [0.15, 0.2) is 0 Å². The highest BCUT2D eigenvalue weighted by molar-refractivity contribution is 9.12. The molecule has 0 amide bonds. The molecule has 2 aliphatic carbocycles. The van der Waals surface area contributed by atoms with Crippen molar-refractivity contribution in [3.8, 4) is 0 Å². The van der Waals surface area contributed by atoms with Crippen molar-refractivity contribution in [2.45, 2.75) is 21.7 Å². The minimum Gasteiger partial charge on any atom is -0.246 e. The van der Waals surface area contributed by atoms with E-state index in [9.17, 15) is 9.59 Å². The van der Waals surface area contributed by atoms with Gasteiger partial charge < -0.3 is 0 Å². The second kappa shape index (κ2) is 3.30. The highest BCUT2D eigenvalue weighted by Crippen LogP contribution is 2.59. The van der Waals surface area contributed by atoms with Crippen LogP contribution in [0.4, 0.5) is 0 Å². The third kappa shape index (κ3) is 1.01. The van der Waals surface area contributed by atoms with Gasteiger partial charge in [-0.25, -0.2) is 23.5 Å². The predicted octanol–water partition coefficient (Wildman–Crippen LogP) is 0.787. The van der Waals surface area contributed by atoms with Gasteiger partial charge in [-0.2, -0.15) is 0 Å². The van der Waals surface area contributed by atoms with Gasteiger partial charge in [-0.1, -0.05) is 44.0 Å². The van der Waals surface area contributed by atoms with Crippen LogP contribution in [0.25, 0.3) is 0 Å². The Labute approximate surface area is 119 Å². The lowest BCUT2D eigenvalue weighted by atomic mass is 9.62. The third-order valence-electron chi connectivity index (χ3n) is 4.54. The average Bonchev–Trinajstić information content (AvgIpc) is 2.64. The smallest absolute Gasteiger partial charge is 0.246 e. The molecule has 1 aromatic heterocycles. The Balaban J connectivity index is 2.02. The van der Waals surface area contributed by atoms with Crippen molar-refractivity contribution in [2.75, 3.05) is 0 Å². The molecule has 18 heavy (non-hydrogen) atoms. The van der Waals surface area contributed by atoms with Crippen LogP contribution in [0.15, 0.2) is 21.7 Å². The molecule has 1 aromatic rings. The Kier molecular flexibility index (Phi) is 2.07. The van der Waals surface area contributed by atoms with Crippen molar-refractivity contribution in [1.82, 2.24) is 13.9 Å². The maximum atomic E-state index is 12.1. The predicted molar refractivity (Wildman–Crippen MR) is 73.6 cm³/mol. The summed E-state index contributed by atoms with van der Waals surface area (Å²) in [5, 5.41) is 0. The Bertz CT molecular complexity index is 630. The Hall–Kier alpha value is -0.560. The molecule has 1 fully saturated rings. The van der Waals surface area contributed by atoms with E-state index in [0.29, 0.717) is 21.5 Å². The molecular weight excluding hydrogens is 366 g/mol. The first-order chi connectivity index (χ1) is 8.54. The van der Waals surface area contributed by atoms with Crippen LogP contribution in [-0.4, -0.2) is 23.6 Å². The molecule has 6 unspecified atom stereocenters. The number of alkyl halides is 2. The van der Waals surface area contributed by atoms with Crippen molar-refractivity contribution in [3.63, 3.8) is 0 Å². The number of hydrogen-bond donors (Lipinski definition) is 0. The van der Waals surface area contributed by atoms with E-state index in [1.54, 1.807) is 16.4 Å². The zero-order valence-corrected chi connectivity index (χ0v) is 12.7. The first-order valence-electron chi connectivity index (χ1n) is 5.90. The van der Waals surface area contributed by atoms with Crippen LogP contribution in [0.3, 0.4) is 0 Å². The lowest BCUT2D eigenvalue weighted by Crippen LogP contribution is -2.63. The fourth-order valence-corrected chi connectivity index (χ4v) is 5.66. The van der Waals surface area contributed by atoms with E-state index in [4.69, 9.17) is 0 Å². The lowest BCUT2D eigenvalue weighted by molar-refractivity contribution is 0.0346. The van der Waals surface area contributed by atoms with Gasteiger partial charge in [0.2, 0.25) is 0 Å². The summed E-state index contributed by atoms with van der Waals surface area (Å²) in [7, 11) is 1.54. The van der Waals surface area contributed by atoms with Crippen LogP contribution < -0.4 is 11.4 Å². The molecule has 6 atom stereocenters. The molecule has 96 valence electrons. The SMILES string of the molecule is Cn1c(=O)n2n(c1=O)C1C=CC2C2C(Br)C(Br)C21. The van der Waals surface area contributed by atoms with Crippen molar-refractivity contribution in [2.24, 2.45) is 18.9 Å². The van der Waals surface area contributed by atoms with Crippen molar-refractivity contribution < 1.29 is 0 Å². The molecule has 0 aromatic carbocycles. The van der Waals surface area contributed by atoms with E-state index >= 15 is 0 Å². The molecule has 7 heteroatoms. The number of rotatable bonds is 0. The average molecular weight is 377 g/mol. The second-order valence-corrected chi connectivity index (χ2v) is 7.34. The Morgan fingerprint density at radius 3 is 1.72 bits per heavy atom. The summed E-state index contributed by atoms with van der Waals surface area (Å²) in [6, 6.07) is -0.000787. The molecule has 4 aliphatic rings. The van der Waals surface area contributed by atoms with E-state index in [-0.39, 0.29) is 23.5 Å². The Morgan fingerprint density at radius 1 is 0.944 bits per heavy atom. The zero-order chi connectivity index (χ0) is 12.8. The summed E-state index contributed by atoms with van der Waals surface area (Å²) in [6.45, 7) is 0. The van der Waals surface area contributed by atoms with Gasteiger partial charge in [-0.15, -0.1) is 0 Å². The highest BCUT2D eigenvalue weighted by atomic mass is 79.9. The minimum absolute atomic E-state index is 0.000394. The maximum Gasteiger partial charge on any atom is 0.347 e. The monoisotopic (exact) mass is 375 g/mol. The standard InChI is InChI=1S/C11H11Br2N3O2/c1-14-10(17)15-4-2-3-5(16(15)11(14)18)7-6(4)8(12)9(7)13/h2-9H,1H3. The summed E-state index contributed by atoms with van der Waals surface area (Å²) in [5.41, 5.74) is -0.425. The second-order valence-electron chi connectivity index (χ2n) is 5.22. The molecule has 5 nitrogen and oxygen atoms in total. The largest absolute Gasteiger partial charge is 0.347 e. The van der Waals surface area contributed by atoms with Crippen LogP contribution in [0.1, 0.15) is 12.1 Å². The number of hydrogen-bond acceptors (Lipinski definition) is 2. The molecule has 0 saturated heterocycles. The molecule has 1 saturated carbocycles. The maximum absolute atomic E-state index is 12.1. The normalized spacial score (nSPS) is 43.5. The number of aromatic nitrogens is 3. The first kappa shape index (κ1) is 11.3. The molecule has 0 radical (unpaired) electrons. The van der Waals surface area contributed by atoms with Gasteiger partial charge in [0.1, 0.15) is 0 Å². The van der Waals surface area contributed by atoms with Gasteiger partial charge in [-0.3, -0.25) is 0 Å². The molecule has 0 spiro atoms. The van der Waals surface area contributed by atoms with Crippen LogP contribution >= 0.6 is 31.9 Å². The summed E-state index contributed by atoms with van der Waals surface area (Å²) in [5.74, 6) is 0.785. The van der Waals surface area contributed by atoms with Crippen molar-refractivity contribution >= 4 is 31.9 Å². The summed E-state index contributed by atoms with van der Waals surface area (Å²) in [6.07, 6.45) is 4.14. The topological polar surface area (TPSA) is 48.9 Å². The fraction of sp³-hybridized carbons (Fsp3) is 0.636. The summed E-state index contributed by atoms with van der Waals surface area (Å²) in [4.78, 5) is 25.0. The van der Waals surface area contributed by atoms with Gasteiger partial charge >= 0.3 is 11.4 Å². The molecule has 0 N–H and O–H groups in total. The van der Waals surface area contributed by atoms with Crippen molar-refractivity contribution in [3.05, 3.63) is 33.1 Å². The van der Waals surface area contributed by atoms with E-state index in [1.165, 1.54) is 4.57 Å². The van der Waals surface area contributed by atoms with Gasteiger partial charge in [0.05, 0.1) is 12.1 Å². The van der Waals surface area contributed by atoms with E-state index in [0.717, 1.165) is 0 Å². The van der Waals surface area contributed by atoms with E-state index in [1.807, 2.05) is 0 Å². The van der Waals surface area contributed by atoms with Crippen LogP contribution in [0.5, 0.6) is 0 Å². The van der Waals surface area contributed by atoms with Crippen LogP contribution in [0, 0.1) is 11.8 Å². The lowest BCUT2D eigenvalue weighted by Gasteiger charge is -2.58. The van der Waals surface area contributed by atoms with E-state index < -0.39 is 0 Å². The molecule has 2 bridgehead atoms.